The van der Waals surface area contributed by atoms with Gasteiger partial charge in [-0.1, -0.05) is 31.0 Å². The van der Waals surface area contributed by atoms with Gasteiger partial charge < -0.3 is 10.4 Å². The average molecular weight is 301 g/mol. The molecule has 0 bridgehead atoms. The van der Waals surface area contributed by atoms with Gasteiger partial charge in [0.1, 0.15) is 0 Å². The SMILES string of the molecule is OCC1CCCCC1CNCc1ccccc1C(F)(F)F. The molecule has 0 amide bonds. The van der Waals surface area contributed by atoms with Crippen molar-refractivity contribution in [2.45, 2.75) is 38.4 Å². The van der Waals surface area contributed by atoms with Gasteiger partial charge in [-0.15, -0.1) is 0 Å². The summed E-state index contributed by atoms with van der Waals surface area (Å²) in [5.74, 6) is 0.644. The lowest BCUT2D eigenvalue weighted by Crippen LogP contribution is -2.32. The van der Waals surface area contributed by atoms with Crippen LogP contribution in [-0.2, 0) is 12.7 Å². The van der Waals surface area contributed by atoms with Gasteiger partial charge in [-0.2, -0.15) is 13.2 Å². The van der Waals surface area contributed by atoms with Crippen molar-refractivity contribution in [3.05, 3.63) is 35.4 Å². The van der Waals surface area contributed by atoms with Crippen LogP contribution in [0.2, 0.25) is 0 Å². The van der Waals surface area contributed by atoms with Crippen LogP contribution in [0, 0.1) is 11.8 Å². The quantitative estimate of drug-likeness (QED) is 0.871. The molecule has 0 aliphatic heterocycles. The number of aliphatic hydroxyl groups is 1. The normalized spacial score (nSPS) is 23.2. The molecule has 118 valence electrons. The van der Waals surface area contributed by atoms with Crippen LogP contribution in [0.3, 0.4) is 0 Å². The van der Waals surface area contributed by atoms with E-state index in [0.717, 1.165) is 31.7 Å². The van der Waals surface area contributed by atoms with E-state index < -0.39 is 11.7 Å². The van der Waals surface area contributed by atoms with Gasteiger partial charge in [-0.3, -0.25) is 0 Å². The molecule has 0 aromatic heterocycles. The first kappa shape index (κ1) is 16.3. The number of hydrogen-bond acceptors (Lipinski definition) is 2. The first-order valence-electron chi connectivity index (χ1n) is 7.49. The lowest BCUT2D eigenvalue weighted by Gasteiger charge is -2.30. The number of aliphatic hydroxyl groups excluding tert-OH is 1. The third kappa shape index (κ3) is 4.45. The zero-order valence-electron chi connectivity index (χ0n) is 12.0. The Hall–Kier alpha value is -1.07. The molecule has 1 aromatic carbocycles. The highest BCUT2D eigenvalue weighted by molar-refractivity contribution is 5.29. The van der Waals surface area contributed by atoms with Crippen LogP contribution in [0.1, 0.15) is 36.8 Å². The van der Waals surface area contributed by atoms with E-state index in [1.54, 1.807) is 6.07 Å². The molecular formula is C16H22F3NO. The molecule has 21 heavy (non-hydrogen) atoms. The zero-order valence-corrected chi connectivity index (χ0v) is 12.0. The van der Waals surface area contributed by atoms with E-state index in [0.29, 0.717) is 12.5 Å². The molecule has 2 rings (SSSR count). The van der Waals surface area contributed by atoms with Gasteiger partial charge in [-0.25, -0.2) is 0 Å². The van der Waals surface area contributed by atoms with E-state index >= 15 is 0 Å². The fourth-order valence-corrected chi connectivity index (χ4v) is 3.14. The third-order valence-corrected chi connectivity index (χ3v) is 4.35. The monoisotopic (exact) mass is 301 g/mol. The van der Waals surface area contributed by atoms with E-state index in [2.05, 4.69) is 5.32 Å². The van der Waals surface area contributed by atoms with Crippen molar-refractivity contribution in [3.8, 4) is 0 Å². The molecule has 0 heterocycles. The van der Waals surface area contributed by atoms with Gasteiger partial charge in [0.25, 0.3) is 0 Å². The van der Waals surface area contributed by atoms with Crippen LogP contribution in [-0.4, -0.2) is 18.3 Å². The summed E-state index contributed by atoms with van der Waals surface area (Å²) in [5.41, 5.74) is -0.291. The van der Waals surface area contributed by atoms with Crippen LogP contribution in [0.4, 0.5) is 13.2 Å². The summed E-state index contributed by atoms with van der Waals surface area (Å²) in [6.07, 6.45) is 0.0263. The second kappa shape index (κ2) is 7.27. The molecule has 1 aliphatic rings. The average Bonchev–Trinajstić information content (AvgIpc) is 2.47. The minimum absolute atomic E-state index is 0.172. The molecule has 2 nitrogen and oxygen atoms in total. The molecule has 2 N–H and O–H groups in total. The number of alkyl halides is 3. The third-order valence-electron chi connectivity index (χ3n) is 4.35. The molecule has 0 saturated heterocycles. The highest BCUT2D eigenvalue weighted by Crippen LogP contribution is 2.32. The van der Waals surface area contributed by atoms with E-state index in [9.17, 15) is 18.3 Å². The van der Waals surface area contributed by atoms with Crippen LogP contribution in [0.5, 0.6) is 0 Å². The van der Waals surface area contributed by atoms with Crippen molar-refractivity contribution >= 4 is 0 Å². The lowest BCUT2D eigenvalue weighted by molar-refractivity contribution is -0.138. The number of rotatable bonds is 5. The fourth-order valence-electron chi connectivity index (χ4n) is 3.14. The second-order valence-corrected chi connectivity index (χ2v) is 5.77. The Kier molecular flexibility index (Phi) is 5.65. The van der Waals surface area contributed by atoms with E-state index in [1.165, 1.54) is 12.1 Å². The molecule has 1 aliphatic carbocycles. The summed E-state index contributed by atoms with van der Waals surface area (Å²) in [5, 5.41) is 12.5. The molecule has 5 heteroatoms. The molecule has 0 spiro atoms. The van der Waals surface area contributed by atoms with Crippen molar-refractivity contribution in [2.75, 3.05) is 13.2 Å². The van der Waals surface area contributed by atoms with Gasteiger partial charge in [0.2, 0.25) is 0 Å². The van der Waals surface area contributed by atoms with E-state index in [1.807, 2.05) is 0 Å². The molecular weight excluding hydrogens is 279 g/mol. The summed E-state index contributed by atoms with van der Waals surface area (Å²) >= 11 is 0. The van der Waals surface area contributed by atoms with Crippen molar-refractivity contribution in [1.29, 1.82) is 0 Å². The number of halogens is 3. The summed E-state index contributed by atoms with van der Waals surface area (Å²) in [7, 11) is 0. The minimum atomic E-state index is -4.31. The second-order valence-electron chi connectivity index (χ2n) is 5.77. The molecule has 2 unspecified atom stereocenters. The van der Waals surface area contributed by atoms with Crippen molar-refractivity contribution in [2.24, 2.45) is 11.8 Å². The van der Waals surface area contributed by atoms with Crippen LogP contribution < -0.4 is 5.32 Å². The number of nitrogens with one attached hydrogen (secondary N) is 1. The Morgan fingerprint density at radius 1 is 1.10 bits per heavy atom. The highest BCUT2D eigenvalue weighted by Gasteiger charge is 2.32. The Balaban J connectivity index is 1.91. The standard InChI is InChI=1S/C16H22F3NO/c17-16(18,19)15-8-4-3-6-13(15)10-20-9-12-5-1-2-7-14(12)11-21/h3-4,6,8,12,14,20-21H,1-2,5,7,9-11H2. The van der Waals surface area contributed by atoms with Gasteiger partial charge in [0.15, 0.2) is 0 Å². The highest BCUT2D eigenvalue weighted by atomic mass is 19.4. The van der Waals surface area contributed by atoms with Gasteiger partial charge >= 0.3 is 6.18 Å². The largest absolute Gasteiger partial charge is 0.416 e. The summed E-state index contributed by atoms with van der Waals surface area (Å²) in [6.45, 7) is 1.05. The predicted molar refractivity (Wildman–Crippen MR) is 75.7 cm³/mol. The maximum Gasteiger partial charge on any atom is 0.416 e. The fraction of sp³-hybridized carbons (Fsp3) is 0.625. The Labute approximate surface area is 123 Å². The van der Waals surface area contributed by atoms with E-state index in [-0.39, 0.29) is 24.6 Å². The Morgan fingerprint density at radius 2 is 1.76 bits per heavy atom. The maximum absolute atomic E-state index is 12.9. The molecule has 1 fully saturated rings. The van der Waals surface area contributed by atoms with Crippen LogP contribution in [0.15, 0.2) is 24.3 Å². The van der Waals surface area contributed by atoms with Crippen molar-refractivity contribution < 1.29 is 18.3 Å². The summed E-state index contributed by atoms with van der Waals surface area (Å²) in [6, 6.07) is 5.67. The topological polar surface area (TPSA) is 32.3 Å². The zero-order chi connectivity index (χ0) is 15.3. The minimum Gasteiger partial charge on any atom is -0.396 e. The summed E-state index contributed by atoms with van der Waals surface area (Å²) < 4.78 is 38.7. The number of benzene rings is 1. The first-order valence-corrected chi connectivity index (χ1v) is 7.49. The van der Waals surface area contributed by atoms with Crippen molar-refractivity contribution in [3.63, 3.8) is 0 Å². The Morgan fingerprint density at radius 3 is 2.43 bits per heavy atom. The van der Waals surface area contributed by atoms with Crippen molar-refractivity contribution in [1.82, 2.24) is 5.32 Å². The van der Waals surface area contributed by atoms with E-state index in [4.69, 9.17) is 0 Å². The first-order chi connectivity index (χ1) is 10.0. The van der Waals surface area contributed by atoms with Gasteiger partial charge in [0, 0.05) is 13.2 Å². The smallest absolute Gasteiger partial charge is 0.396 e. The molecule has 1 aromatic rings. The van der Waals surface area contributed by atoms with Gasteiger partial charge in [0.05, 0.1) is 5.56 Å². The number of hydrogen-bond donors (Lipinski definition) is 2. The Bertz CT molecular complexity index is 447. The van der Waals surface area contributed by atoms with Gasteiger partial charge in [-0.05, 0) is 42.9 Å². The lowest BCUT2D eigenvalue weighted by atomic mass is 9.79. The molecule has 2 atom stereocenters. The van der Waals surface area contributed by atoms with Crippen LogP contribution in [0.25, 0.3) is 0 Å². The molecule has 0 radical (unpaired) electrons. The summed E-state index contributed by atoms with van der Waals surface area (Å²) in [4.78, 5) is 0. The molecule has 1 saturated carbocycles. The van der Waals surface area contributed by atoms with Crippen LogP contribution >= 0.6 is 0 Å². The predicted octanol–water partition coefficient (Wildman–Crippen LogP) is 3.59. The maximum atomic E-state index is 12.9.